The topological polar surface area (TPSA) is 75.7 Å². The van der Waals surface area contributed by atoms with Gasteiger partial charge in [-0.2, -0.15) is 5.10 Å². The number of nitrogens with zero attached hydrogens (tertiary/aromatic N) is 3. The molecule has 7 heteroatoms. The lowest BCUT2D eigenvalue weighted by Gasteiger charge is -2.08. The predicted molar refractivity (Wildman–Crippen MR) is 88.7 cm³/mol. The highest BCUT2D eigenvalue weighted by atomic mass is 32.2. The number of aromatic amines is 1. The van der Waals surface area contributed by atoms with E-state index < -0.39 is 0 Å². The molecule has 1 aromatic carbocycles. The average Bonchev–Trinajstić information content (AvgIpc) is 2.99. The van der Waals surface area contributed by atoms with Crippen LogP contribution in [0.5, 0.6) is 5.75 Å². The normalized spacial score (nSPS) is 10.8. The zero-order chi connectivity index (χ0) is 15.4. The number of methoxy groups -OCH3 is 1. The van der Waals surface area contributed by atoms with Crippen molar-refractivity contribution in [2.75, 3.05) is 25.2 Å². The van der Waals surface area contributed by atoms with Gasteiger partial charge in [-0.15, -0.1) is 11.8 Å². The number of benzene rings is 1. The maximum Gasteiger partial charge on any atom is 0.161 e. The van der Waals surface area contributed by atoms with Gasteiger partial charge in [0.25, 0.3) is 0 Å². The molecule has 0 aliphatic carbocycles. The Labute approximate surface area is 132 Å². The molecule has 2 aromatic heterocycles. The van der Waals surface area contributed by atoms with E-state index in [1.165, 1.54) is 5.56 Å². The maximum atomic E-state index is 5.24. The molecule has 0 aliphatic rings. The van der Waals surface area contributed by atoms with Crippen molar-refractivity contribution in [3.05, 3.63) is 36.2 Å². The minimum absolute atomic E-state index is 0.753. The molecule has 0 atom stereocenters. The Morgan fingerprint density at radius 1 is 1.32 bits per heavy atom. The molecule has 114 valence electrons. The molecule has 0 unspecified atom stereocenters. The van der Waals surface area contributed by atoms with E-state index in [-0.39, 0.29) is 0 Å². The summed E-state index contributed by atoms with van der Waals surface area (Å²) in [6.07, 6.45) is 4.41. The number of hydrogen-bond donors (Lipinski definition) is 2. The molecule has 0 bridgehead atoms. The van der Waals surface area contributed by atoms with Gasteiger partial charge in [0.2, 0.25) is 0 Å². The van der Waals surface area contributed by atoms with Crippen LogP contribution in [0.4, 0.5) is 5.82 Å². The third kappa shape index (κ3) is 2.99. The molecule has 0 saturated carbocycles. The molecular weight excluding hydrogens is 298 g/mol. The van der Waals surface area contributed by atoms with Gasteiger partial charge < -0.3 is 10.1 Å². The zero-order valence-electron chi connectivity index (χ0n) is 12.5. The highest BCUT2D eigenvalue weighted by Crippen LogP contribution is 2.27. The van der Waals surface area contributed by atoms with Crippen molar-refractivity contribution in [1.82, 2.24) is 20.2 Å². The Morgan fingerprint density at radius 3 is 3.05 bits per heavy atom. The highest BCUT2D eigenvalue weighted by molar-refractivity contribution is 7.98. The molecule has 0 amide bonds. The number of ether oxygens (including phenoxy) is 1. The molecule has 0 fully saturated rings. The molecule has 0 spiro atoms. The van der Waals surface area contributed by atoms with E-state index in [4.69, 9.17) is 4.74 Å². The van der Waals surface area contributed by atoms with Gasteiger partial charge in [0.05, 0.1) is 12.5 Å². The Hall–Kier alpha value is -2.28. The number of anilines is 1. The van der Waals surface area contributed by atoms with E-state index in [1.807, 2.05) is 24.5 Å². The van der Waals surface area contributed by atoms with Crippen LogP contribution in [0.1, 0.15) is 5.56 Å². The SMILES string of the molecule is COc1cccc(CCNc2ncnc3[nH]nc(SC)c23)c1. The largest absolute Gasteiger partial charge is 0.497 e. The summed E-state index contributed by atoms with van der Waals surface area (Å²) in [5.74, 6) is 1.69. The van der Waals surface area contributed by atoms with E-state index in [9.17, 15) is 0 Å². The lowest BCUT2D eigenvalue weighted by atomic mass is 10.1. The number of aromatic nitrogens is 4. The monoisotopic (exact) mass is 315 g/mol. The van der Waals surface area contributed by atoms with Crippen molar-refractivity contribution in [2.45, 2.75) is 11.4 Å². The second-order valence-corrected chi connectivity index (χ2v) is 5.50. The summed E-state index contributed by atoms with van der Waals surface area (Å²) in [5, 5.41) is 12.4. The number of nitrogens with one attached hydrogen (secondary N) is 2. The molecule has 2 N–H and O–H groups in total. The van der Waals surface area contributed by atoms with Crippen molar-refractivity contribution >= 4 is 28.6 Å². The Bertz CT molecular complexity index is 773. The number of fused-ring (bicyclic) bond motifs is 1. The van der Waals surface area contributed by atoms with Crippen molar-refractivity contribution < 1.29 is 4.74 Å². The van der Waals surface area contributed by atoms with Crippen LogP contribution < -0.4 is 10.1 Å². The molecule has 0 radical (unpaired) electrons. The van der Waals surface area contributed by atoms with E-state index in [1.54, 1.807) is 25.2 Å². The fourth-order valence-electron chi connectivity index (χ4n) is 2.27. The van der Waals surface area contributed by atoms with Gasteiger partial charge in [0, 0.05) is 6.54 Å². The fraction of sp³-hybridized carbons (Fsp3) is 0.267. The minimum atomic E-state index is 0.753. The number of thioether (sulfide) groups is 1. The first-order chi connectivity index (χ1) is 10.8. The standard InChI is InChI=1S/C15H17N5OS/c1-21-11-5-3-4-10(8-11)6-7-16-13-12-14(18-9-17-13)19-20-15(12)22-2/h3-5,8-9H,6-7H2,1-2H3,(H2,16,17,18,19,20). The van der Waals surface area contributed by atoms with E-state index in [2.05, 4.69) is 31.5 Å². The van der Waals surface area contributed by atoms with Crippen molar-refractivity contribution in [3.8, 4) is 5.75 Å². The quantitative estimate of drug-likeness (QED) is 0.681. The van der Waals surface area contributed by atoms with Crippen LogP contribution in [0.25, 0.3) is 11.0 Å². The van der Waals surface area contributed by atoms with Crippen LogP contribution in [0, 0.1) is 0 Å². The van der Waals surface area contributed by atoms with Gasteiger partial charge in [-0.05, 0) is 30.4 Å². The smallest absolute Gasteiger partial charge is 0.161 e. The Kier molecular flexibility index (Phi) is 4.43. The lowest BCUT2D eigenvalue weighted by molar-refractivity contribution is 0.414. The first-order valence-corrected chi connectivity index (χ1v) is 8.14. The molecule has 0 aliphatic heterocycles. The van der Waals surface area contributed by atoms with Gasteiger partial charge in [-0.1, -0.05) is 12.1 Å². The number of H-pyrrole nitrogens is 1. The highest BCUT2D eigenvalue weighted by Gasteiger charge is 2.11. The summed E-state index contributed by atoms with van der Waals surface area (Å²) in [7, 11) is 1.68. The molecule has 2 heterocycles. The molecular formula is C15H17N5OS. The zero-order valence-corrected chi connectivity index (χ0v) is 13.3. The third-order valence-electron chi connectivity index (χ3n) is 3.36. The van der Waals surface area contributed by atoms with Crippen LogP contribution in [0.15, 0.2) is 35.6 Å². The maximum absolute atomic E-state index is 5.24. The van der Waals surface area contributed by atoms with E-state index in [0.717, 1.165) is 40.6 Å². The number of hydrogen-bond acceptors (Lipinski definition) is 6. The molecule has 22 heavy (non-hydrogen) atoms. The van der Waals surface area contributed by atoms with Crippen LogP contribution in [0.2, 0.25) is 0 Å². The summed E-state index contributed by atoms with van der Waals surface area (Å²) in [6.45, 7) is 0.776. The van der Waals surface area contributed by atoms with Crippen LogP contribution in [-0.4, -0.2) is 40.1 Å². The summed E-state index contributed by atoms with van der Waals surface area (Å²) in [6, 6.07) is 8.08. The van der Waals surface area contributed by atoms with Crippen LogP contribution in [0.3, 0.4) is 0 Å². The van der Waals surface area contributed by atoms with Gasteiger partial charge in [-0.3, -0.25) is 5.10 Å². The first-order valence-electron chi connectivity index (χ1n) is 6.91. The lowest BCUT2D eigenvalue weighted by Crippen LogP contribution is -2.07. The van der Waals surface area contributed by atoms with Gasteiger partial charge in [0.15, 0.2) is 5.65 Å². The second kappa shape index (κ2) is 6.65. The van der Waals surface area contributed by atoms with Gasteiger partial charge in [0.1, 0.15) is 22.9 Å². The summed E-state index contributed by atoms with van der Waals surface area (Å²) in [5.41, 5.74) is 1.97. The predicted octanol–water partition coefficient (Wildman–Crippen LogP) is 2.74. The van der Waals surface area contributed by atoms with Crippen molar-refractivity contribution in [3.63, 3.8) is 0 Å². The van der Waals surface area contributed by atoms with Crippen LogP contribution in [-0.2, 0) is 6.42 Å². The van der Waals surface area contributed by atoms with Gasteiger partial charge >= 0.3 is 0 Å². The molecule has 0 saturated heterocycles. The van der Waals surface area contributed by atoms with Crippen molar-refractivity contribution in [1.29, 1.82) is 0 Å². The Balaban J connectivity index is 1.72. The summed E-state index contributed by atoms with van der Waals surface area (Å²) in [4.78, 5) is 8.53. The van der Waals surface area contributed by atoms with E-state index in [0.29, 0.717) is 0 Å². The molecule has 3 aromatic rings. The summed E-state index contributed by atoms with van der Waals surface area (Å²) >= 11 is 1.58. The fourth-order valence-corrected chi connectivity index (χ4v) is 2.80. The third-order valence-corrected chi connectivity index (χ3v) is 4.04. The van der Waals surface area contributed by atoms with Crippen LogP contribution >= 0.6 is 11.8 Å². The summed E-state index contributed by atoms with van der Waals surface area (Å²) < 4.78 is 5.24. The molecule has 3 rings (SSSR count). The Morgan fingerprint density at radius 2 is 2.23 bits per heavy atom. The first kappa shape index (κ1) is 14.6. The van der Waals surface area contributed by atoms with Gasteiger partial charge in [-0.25, -0.2) is 9.97 Å². The average molecular weight is 315 g/mol. The van der Waals surface area contributed by atoms with Crippen molar-refractivity contribution in [2.24, 2.45) is 0 Å². The number of rotatable bonds is 6. The molecule has 6 nitrogen and oxygen atoms in total. The van der Waals surface area contributed by atoms with E-state index >= 15 is 0 Å². The second-order valence-electron chi connectivity index (χ2n) is 4.71. The minimum Gasteiger partial charge on any atom is -0.497 e.